The summed E-state index contributed by atoms with van der Waals surface area (Å²) < 4.78 is 0. The number of alkyl halides is 1. The fraction of sp³-hybridized carbons (Fsp3) is 0.375. The molecule has 2 heterocycles. The molecule has 6 nitrogen and oxygen atoms in total. The molecule has 4 N–H and O–H groups in total. The number of amides is 1. The first-order chi connectivity index (χ1) is 7.09. The fourth-order valence-corrected chi connectivity index (χ4v) is 2.05. The quantitative estimate of drug-likeness (QED) is 0.708. The molecule has 80 valence electrons. The van der Waals surface area contributed by atoms with Crippen molar-refractivity contribution in [3.05, 3.63) is 6.33 Å². The van der Waals surface area contributed by atoms with Crippen molar-refractivity contribution in [3.63, 3.8) is 0 Å². The zero-order valence-corrected chi connectivity index (χ0v) is 9.44. The van der Waals surface area contributed by atoms with Crippen LogP contribution in [-0.4, -0.2) is 27.2 Å². The first-order valence-corrected chi connectivity index (χ1v) is 5.31. The van der Waals surface area contributed by atoms with E-state index in [2.05, 4.69) is 25.9 Å². The van der Waals surface area contributed by atoms with Crippen LogP contribution in [0.1, 0.15) is 6.42 Å². The number of nitrogen functional groups attached to an aromatic ring is 2. The van der Waals surface area contributed by atoms with E-state index < -0.39 is 0 Å². The van der Waals surface area contributed by atoms with E-state index in [1.54, 1.807) is 0 Å². The number of anilines is 3. The second kappa shape index (κ2) is 3.65. The SMILES string of the molecule is Nc1ncnc(N2CC(Br)CC2=O)c1N. The van der Waals surface area contributed by atoms with Crippen molar-refractivity contribution < 1.29 is 4.79 Å². The van der Waals surface area contributed by atoms with E-state index in [9.17, 15) is 4.79 Å². The lowest BCUT2D eigenvalue weighted by Gasteiger charge is -2.16. The summed E-state index contributed by atoms with van der Waals surface area (Å²) in [4.78, 5) is 21.0. The highest BCUT2D eigenvalue weighted by Crippen LogP contribution is 2.29. The molecule has 15 heavy (non-hydrogen) atoms. The number of nitrogens with zero attached hydrogens (tertiary/aromatic N) is 3. The standard InChI is InChI=1S/C8H10BrN5O/c9-4-1-5(15)14(2-4)8-6(10)7(11)12-3-13-8/h3-4H,1-2,10H2,(H2,11,12,13). The molecule has 0 aliphatic carbocycles. The molecule has 0 bridgehead atoms. The van der Waals surface area contributed by atoms with Crippen LogP contribution in [0.2, 0.25) is 0 Å². The maximum Gasteiger partial charge on any atom is 0.229 e. The number of carbonyl (C=O) groups excluding carboxylic acids is 1. The van der Waals surface area contributed by atoms with Crippen LogP contribution in [-0.2, 0) is 4.79 Å². The molecular weight excluding hydrogens is 262 g/mol. The highest BCUT2D eigenvalue weighted by Gasteiger charge is 2.31. The van der Waals surface area contributed by atoms with Crippen LogP contribution in [0.3, 0.4) is 0 Å². The number of hydrogen-bond acceptors (Lipinski definition) is 5. The van der Waals surface area contributed by atoms with Crippen molar-refractivity contribution in [3.8, 4) is 0 Å². The van der Waals surface area contributed by atoms with Gasteiger partial charge in [-0.1, -0.05) is 15.9 Å². The fourth-order valence-electron chi connectivity index (χ4n) is 1.48. The Bertz CT molecular complexity index is 410. The van der Waals surface area contributed by atoms with Crippen LogP contribution in [0.5, 0.6) is 0 Å². The summed E-state index contributed by atoms with van der Waals surface area (Å²) in [6.45, 7) is 0.555. The number of halogens is 1. The lowest BCUT2D eigenvalue weighted by atomic mass is 10.4. The highest BCUT2D eigenvalue weighted by molar-refractivity contribution is 9.09. The predicted octanol–water partition coefficient (Wildman–Crippen LogP) is 0.141. The van der Waals surface area contributed by atoms with E-state index >= 15 is 0 Å². The average Bonchev–Trinajstić information content (AvgIpc) is 2.50. The molecule has 0 spiro atoms. The van der Waals surface area contributed by atoms with Gasteiger partial charge in [-0.3, -0.25) is 9.69 Å². The van der Waals surface area contributed by atoms with E-state index in [1.165, 1.54) is 11.2 Å². The summed E-state index contributed by atoms with van der Waals surface area (Å²) in [5, 5.41) is 0. The summed E-state index contributed by atoms with van der Waals surface area (Å²) in [5.41, 5.74) is 11.5. The molecule has 2 rings (SSSR count). The molecule has 0 radical (unpaired) electrons. The molecule has 1 amide bonds. The number of carbonyl (C=O) groups is 1. The van der Waals surface area contributed by atoms with Gasteiger partial charge in [0, 0.05) is 17.8 Å². The Morgan fingerprint density at radius 2 is 2.20 bits per heavy atom. The molecule has 1 aliphatic rings. The first kappa shape index (κ1) is 10.2. The molecule has 1 aromatic heterocycles. The van der Waals surface area contributed by atoms with Crippen molar-refractivity contribution in [2.75, 3.05) is 22.9 Å². The Balaban J connectivity index is 2.38. The molecule has 1 aliphatic heterocycles. The zero-order chi connectivity index (χ0) is 11.0. The highest BCUT2D eigenvalue weighted by atomic mass is 79.9. The Morgan fingerprint density at radius 3 is 2.80 bits per heavy atom. The van der Waals surface area contributed by atoms with Crippen LogP contribution in [0.15, 0.2) is 6.33 Å². The normalized spacial score (nSPS) is 21.0. The summed E-state index contributed by atoms with van der Waals surface area (Å²) in [5.74, 6) is 0.585. The van der Waals surface area contributed by atoms with Gasteiger partial charge in [0.25, 0.3) is 0 Å². The third-order valence-electron chi connectivity index (χ3n) is 2.23. The lowest BCUT2D eigenvalue weighted by Crippen LogP contribution is -2.27. The van der Waals surface area contributed by atoms with Gasteiger partial charge in [0.15, 0.2) is 11.6 Å². The molecule has 1 unspecified atom stereocenters. The Hall–Kier alpha value is -1.37. The van der Waals surface area contributed by atoms with E-state index in [0.717, 1.165) is 0 Å². The number of aromatic nitrogens is 2. The van der Waals surface area contributed by atoms with E-state index in [-0.39, 0.29) is 22.2 Å². The van der Waals surface area contributed by atoms with Crippen LogP contribution in [0.25, 0.3) is 0 Å². The van der Waals surface area contributed by atoms with E-state index in [0.29, 0.717) is 18.8 Å². The van der Waals surface area contributed by atoms with Gasteiger partial charge in [0.1, 0.15) is 12.0 Å². The molecule has 7 heteroatoms. The average molecular weight is 272 g/mol. The molecule has 1 fully saturated rings. The second-order valence-corrected chi connectivity index (χ2v) is 4.60. The molecule has 1 saturated heterocycles. The van der Waals surface area contributed by atoms with Gasteiger partial charge in [0.2, 0.25) is 5.91 Å². The van der Waals surface area contributed by atoms with Gasteiger partial charge < -0.3 is 11.5 Å². The number of nitrogens with two attached hydrogens (primary N) is 2. The van der Waals surface area contributed by atoms with Crippen LogP contribution in [0, 0.1) is 0 Å². The minimum Gasteiger partial charge on any atom is -0.393 e. The zero-order valence-electron chi connectivity index (χ0n) is 7.85. The Morgan fingerprint density at radius 1 is 1.47 bits per heavy atom. The Labute approximate surface area is 94.8 Å². The van der Waals surface area contributed by atoms with Crippen LogP contribution < -0.4 is 16.4 Å². The van der Waals surface area contributed by atoms with Gasteiger partial charge >= 0.3 is 0 Å². The first-order valence-electron chi connectivity index (χ1n) is 4.40. The molecule has 0 saturated carbocycles. The summed E-state index contributed by atoms with van der Waals surface area (Å²) in [7, 11) is 0. The van der Waals surface area contributed by atoms with E-state index in [4.69, 9.17) is 11.5 Å². The van der Waals surface area contributed by atoms with Gasteiger partial charge in [0.05, 0.1) is 0 Å². The smallest absolute Gasteiger partial charge is 0.229 e. The number of hydrogen-bond donors (Lipinski definition) is 2. The van der Waals surface area contributed by atoms with Gasteiger partial charge in [-0.25, -0.2) is 9.97 Å². The molecule has 0 aromatic carbocycles. The largest absolute Gasteiger partial charge is 0.393 e. The monoisotopic (exact) mass is 271 g/mol. The van der Waals surface area contributed by atoms with E-state index in [1.807, 2.05) is 0 Å². The van der Waals surface area contributed by atoms with Gasteiger partial charge in [-0.2, -0.15) is 0 Å². The third-order valence-corrected chi connectivity index (χ3v) is 2.84. The van der Waals surface area contributed by atoms with Crippen molar-refractivity contribution in [2.45, 2.75) is 11.2 Å². The van der Waals surface area contributed by atoms with Gasteiger partial charge in [-0.15, -0.1) is 0 Å². The second-order valence-electron chi connectivity index (χ2n) is 3.30. The summed E-state index contributed by atoms with van der Waals surface area (Å²) in [6.07, 6.45) is 1.75. The number of rotatable bonds is 1. The molecular formula is C8H10BrN5O. The maximum atomic E-state index is 11.6. The molecule has 1 atom stereocenters. The topological polar surface area (TPSA) is 98.1 Å². The third kappa shape index (κ3) is 1.74. The minimum atomic E-state index is -0.0123. The minimum absolute atomic E-state index is 0.0123. The van der Waals surface area contributed by atoms with Crippen molar-refractivity contribution >= 4 is 39.2 Å². The van der Waals surface area contributed by atoms with Crippen molar-refractivity contribution in [1.29, 1.82) is 0 Å². The maximum absolute atomic E-state index is 11.6. The van der Waals surface area contributed by atoms with Gasteiger partial charge in [-0.05, 0) is 0 Å². The van der Waals surface area contributed by atoms with Crippen LogP contribution >= 0.6 is 15.9 Å². The van der Waals surface area contributed by atoms with Crippen molar-refractivity contribution in [1.82, 2.24) is 9.97 Å². The van der Waals surface area contributed by atoms with Crippen molar-refractivity contribution in [2.24, 2.45) is 0 Å². The lowest BCUT2D eigenvalue weighted by molar-refractivity contribution is -0.117. The molecule has 1 aromatic rings. The Kier molecular flexibility index (Phi) is 2.47. The summed E-state index contributed by atoms with van der Waals surface area (Å²) >= 11 is 3.38. The summed E-state index contributed by atoms with van der Waals surface area (Å²) in [6, 6.07) is 0. The van der Waals surface area contributed by atoms with Crippen LogP contribution in [0.4, 0.5) is 17.3 Å². The predicted molar refractivity (Wildman–Crippen MR) is 60.5 cm³/mol.